The van der Waals surface area contributed by atoms with Gasteiger partial charge in [0.25, 0.3) is 15.7 Å². The first-order valence-corrected chi connectivity index (χ1v) is 8.98. The molecule has 23 heavy (non-hydrogen) atoms. The summed E-state index contributed by atoms with van der Waals surface area (Å²) in [5.74, 6) is -0.262. The summed E-state index contributed by atoms with van der Waals surface area (Å²) in [6.45, 7) is 5.02. The van der Waals surface area contributed by atoms with Gasteiger partial charge in [-0.25, -0.2) is 8.42 Å². The van der Waals surface area contributed by atoms with Crippen molar-refractivity contribution in [2.75, 3.05) is 5.75 Å². The first-order chi connectivity index (χ1) is 10.6. The highest BCUT2D eigenvalue weighted by atomic mass is 32.3. The number of allylic oxidation sites excluding steroid dienone is 1. The summed E-state index contributed by atoms with van der Waals surface area (Å²) in [6, 6.07) is 6.02. The Morgan fingerprint density at radius 2 is 2.04 bits per heavy atom. The smallest absolute Gasteiger partial charge is 0.269 e. The number of benzene rings is 1. The number of sulfonamides is 1. The Morgan fingerprint density at radius 1 is 1.48 bits per heavy atom. The minimum absolute atomic E-state index is 0.238. The number of non-ortho nitro benzene ring substituents is 1. The molecule has 1 aromatic rings. The standard InChI is InChI=1S/C13H14N3O5S2/c1-3-8-13(2,9-14)10-22(19)15-23(20,21)12-6-4-11(5-7-12)16(17)18/h3-7H,1,8,10H2,2H3/q-1. The van der Waals surface area contributed by atoms with Crippen LogP contribution in [0.15, 0.2) is 45.6 Å². The van der Waals surface area contributed by atoms with E-state index in [4.69, 9.17) is 5.26 Å². The van der Waals surface area contributed by atoms with Crippen LogP contribution in [0.5, 0.6) is 0 Å². The Bertz CT molecular complexity index is 833. The molecule has 0 amide bonds. The maximum atomic E-state index is 12.0. The van der Waals surface area contributed by atoms with E-state index < -0.39 is 31.0 Å². The molecule has 10 heteroatoms. The van der Waals surface area contributed by atoms with E-state index in [2.05, 4.69) is 10.3 Å². The average Bonchev–Trinajstić information content (AvgIpc) is 2.46. The normalized spacial score (nSPS) is 15.3. The van der Waals surface area contributed by atoms with E-state index in [1.54, 1.807) is 0 Å². The lowest BCUT2D eigenvalue weighted by atomic mass is 9.91. The summed E-state index contributed by atoms with van der Waals surface area (Å²) in [4.78, 5) is 9.56. The zero-order chi connectivity index (χ0) is 17.7. The number of nitrogens with zero attached hydrogens (tertiary/aromatic N) is 3. The fraction of sp³-hybridized carbons (Fsp3) is 0.308. The summed E-state index contributed by atoms with van der Waals surface area (Å²) in [6.07, 6.45) is 1.72. The molecule has 1 atom stereocenters. The zero-order valence-electron chi connectivity index (χ0n) is 12.2. The van der Waals surface area contributed by atoms with E-state index in [1.165, 1.54) is 13.0 Å². The van der Waals surface area contributed by atoms with Crippen molar-refractivity contribution < 1.29 is 17.6 Å². The van der Waals surface area contributed by atoms with Crippen LogP contribution in [0, 0.1) is 26.9 Å². The summed E-state index contributed by atoms with van der Waals surface area (Å²) in [7, 11) is -6.37. The Morgan fingerprint density at radius 3 is 2.48 bits per heavy atom. The van der Waals surface area contributed by atoms with Crippen LogP contribution in [0.2, 0.25) is 0 Å². The summed E-state index contributed by atoms with van der Waals surface area (Å²) >= 11 is 0. The van der Waals surface area contributed by atoms with E-state index >= 15 is 0 Å². The minimum Gasteiger partial charge on any atom is -0.443 e. The largest absolute Gasteiger partial charge is 0.443 e. The minimum atomic E-state index is -4.23. The lowest BCUT2D eigenvalue weighted by molar-refractivity contribution is -0.384. The molecule has 1 rings (SSSR count). The molecule has 1 unspecified atom stereocenters. The highest BCUT2D eigenvalue weighted by molar-refractivity contribution is 7.96. The Hall–Kier alpha value is -2.25. The van der Waals surface area contributed by atoms with E-state index in [-0.39, 0.29) is 22.8 Å². The third kappa shape index (κ3) is 5.15. The van der Waals surface area contributed by atoms with Crippen molar-refractivity contribution in [1.29, 1.82) is 5.26 Å². The van der Waals surface area contributed by atoms with E-state index in [1.807, 2.05) is 6.07 Å². The lowest BCUT2D eigenvalue weighted by Gasteiger charge is -2.21. The van der Waals surface area contributed by atoms with Crippen molar-refractivity contribution in [3.63, 3.8) is 0 Å². The molecule has 124 valence electrons. The highest BCUT2D eigenvalue weighted by Gasteiger charge is 2.19. The van der Waals surface area contributed by atoms with Crippen LogP contribution < -0.4 is 0 Å². The lowest BCUT2D eigenvalue weighted by Crippen LogP contribution is -2.19. The first-order valence-electron chi connectivity index (χ1n) is 6.27. The van der Waals surface area contributed by atoms with Crippen LogP contribution >= 0.6 is 0 Å². The SMILES string of the molecule is C=CCC(C)(C#N)C[S-](=O)=NS(=O)(=O)c1ccc([N+](=O)[O-])cc1. The predicted molar refractivity (Wildman–Crippen MR) is 84.2 cm³/mol. The number of rotatable bonds is 7. The molecule has 0 N–H and O–H groups in total. The fourth-order valence-corrected chi connectivity index (χ4v) is 4.28. The molecule has 0 bridgehead atoms. The van der Waals surface area contributed by atoms with Gasteiger partial charge in [0.05, 0.1) is 15.9 Å². The second-order valence-corrected chi connectivity index (χ2v) is 7.88. The quantitative estimate of drug-likeness (QED) is 0.319. The van der Waals surface area contributed by atoms with Crippen LogP contribution in [-0.2, 0) is 24.8 Å². The van der Waals surface area contributed by atoms with Gasteiger partial charge < -0.3 is 4.21 Å². The average molecular weight is 356 g/mol. The molecule has 1 aromatic carbocycles. The molecule has 0 heterocycles. The van der Waals surface area contributed by atoms with Crippen molar-refractivity contribution >= 4 is 26.3 Å². The van der Waals surface area contributed by atoms with E-state index in [9.17, 15) is 22.7 Å². The zero-order valence-corrected chi connectivity index (χ0v) is 13.8. The predicted octanol–water partition coefficient (Wildman–Crippen LogP) is 2.54. The summed E-state index contributed by atoms with van der Waals surface area (Å²) in [5.41, 5.74) is -1.31. The molecule has 0 aliphatic rings. The first kappa shape index (κ1) is 18.8. The van der Waals surface area contributed by atoms with E-state index in [0.29, 0.717) is 0 Å². The molecule has 0 aromatic heterocycles. The number of hydrogen-bond acceptors (Lipinski definition) is 7. The van der Waals surface area contributed by atoms with Gasteiger partial charge in [-0.3, -0.25) is 13.9 Å². The Balaban J connectivity index is 3.09. The number of nitro benzene ring substituents is 1. The van der Waals surface area contributed by atoms with Crippen LogP contribution in [0.3, 0.4) is 0 Å². The third-order valence-electron chi connectivity index (χ3n) is 2.83. The molecule has 8 nitrogen and oxygen atoms in total. The molecule has 0 spiro atoms. The maximum absolute atomic E-state index is 12.0. The van der Waals surface area contributed by atoms with Crippen LogP contribution in [0.4, 0.5) is 5.69 Å². The van der Waals surface area contributed by atoms with Crippen molar-refractivity contribution in [2.24, 2.45) is 9.18 Å². The molecule has 0 saturated carbocycles. The van der Waals surface area contributed by atoms with Crippen LogP contribution in [0.25, 0.3) is 0 Å². The van der Waals surface area contributed by atoms with Crippen molar-refractivity contribution in [3.8, 4) is 6.07 Å². The van der Waals surface area contributed by atoms with Gasteiger partial charge in [0.15, 0.2) is 0 Å². The molecular formula is C13H14N3O5S2-. The monoisotopic (exact) mass is 356 g/mol. The second kappa shape index (κ2) is 7.34. The molecular weight excluding hydrogens is 342 g/mol. The molecule has 0 fully saturated rings. The maximum Gasteiger partial charge on any atom is 0.269 e. The molecule has 0 radical (unpaired) electrons. The topological polar surface area (TPSA) is 130 Å². The van der Waals surface area contributed by atoms with Crippen molar-refractivity contribution in [1.82, 2.24) is 0 Å². The van der Waals surface area contributed by atoms with Gasteiger partial charge in [-0.15, -0.1) is 6.58 Å². The van der Waals surface area contributed by atoms with E-state index in [0.717, 1.165) is 24.3 Å². The number of hydrogen-bond donors (Lipinski definition) is 0. The number of nitriles is 1. The van der Waals surface area contributed by atoms with Gasteiger partial charge in [0.2, 0.25) is 0 Å². The van der Waals surface area contributed by atoms with Crippen LogP contribution in [0.1, 0.15) is 13.3 Å². The summed E-state index contributed by atoms with van der Waals surface area (Å²) in [5, 5.41) is 19.6. The van der Waals surface area contributed by atoms with Crippen molar-refractivity contribution in [2.45, 2.75) is 18.2 Å². The third-order valence-corrected chi connectivity index (χ3v) is 6.04. The fourth-order valence-electron chi connectivity index (χ4n) is 1.65. The van der Waals surface area contributed by atoms with Gasteiger partial charge in [0.1, 0.15) is 0 Å². The molecule has 0 aliphatic carbocycles. The Kier molecular flexibility index (Phi) is 6.00. The summed E-state index contributed by atoms with van der Waals surface area (Å²) < 4.78 is 39.2. The van der Waals surface area contributed by atoms with Crippen molar-refractivity contribution in [3.05, 3.63) is 47.0 Å². The van der Waals surface area contributed by atoms with Gasteiger partial charge >= 0.3 is 0 Å². The molecule has 0 saturated heterocycles. The molecule has 0 aliphatic heterocycles. The van der Waals surface area contributed by atoms with Crippen LogP contribution in [-0.4, -0.2) is 19.1 Å². The van der Waals surface area contributed by atoms with Gasteiger partial charge in [-0.1, -0.05) is 11.8 Å². The van der Waals surface area contributed by atoms with Gasteiger partial charge in [-0.2, -0.15) is 15.9 Å². The Labute approximate surface area is 135 Å². The van der Waals surface area contributed by atoms with Gasteiger partial charge in [-0.05, 0) is 25.5 Å². The van der Waals surface area contributed by atoms with Gasteiger partial charge in [0, 0.05) is 17.5 Å². The number of nitro groups is 1. The second-order valence-electron chi connectivity index (χ2n) is 4.93. The highest BCUT2D eigenvalue weighted by Crippen LogP contribution is 2.22.